The van der Waals surface area contributed by atoms with E-state index in [2.05, 4.69) is 31.1 Å². The Morgan fingerprint density at radius 1 is 1.38 bits per heavy atom. The fourth-order valence-electron chi connectivity index (χ4n) is 3.63. The number of fused-ring (bicyclic) bond motifs is 1. The van der Waals surface area contributed by atoms with Gasteiger partial charge in [0, 0.05) is 18.6 Å². The summed E-state index contributed by atoms with van der Waals surface area (Å²) in [6.45, 7) is 7.18. The van der Waals surface area contributed by atoms with Gasteiger partial charge in [-0.2, -0.15) is 0 Å². The maximum absolute atomic E-state index is 3.74. The summed E-state index contributed by atoms with van der Waals surface area (Å²) in [5, 5.41) is 3.74. The number of hydrogen-bond acceptors (Lipinski definition) is 2. The Morgan fingerprint density at radius 3 is 2.94 bits per heavy atom. The molecule has 2 aliphatic rings. The fourth-order valence-corrected chi connectivity index (χ4v) is 3.63. The Morgan fingerprint density at radius 2 is 2.19 bits per heavy atom. The Balaban J connectivity index is 1.80. The van der Waals surface area contributed by atoms with E-state index in [1.165, 1.54) is 45.2 Å². The summed E-state index contributed by atoms with van der Waals surface area (Å²) >= 11 is 0. The minimum absolute atomic E-state index is 0.743. The van der Waals surface area contributed by atoms with Gasteiger partial charge in [-0.15, -0.1) is 0 Å². The van der Waals surface area contributed by atoms with Gasteiger partial charge in [0.1, 0.15) is 0 Å². The van der Waals surface area contributed by atoms with E-state index in [-0.39, 0.29) is 0 Å². The smallest absolute Gasteiger partial charge is 0.0226 e. The van der Waals surface area contributed by atoms with Crippen LogP contribution >= 0.6 is 0 Å². The van der Waals surface area contributed by atoms with Crippen molar-refractivity contribution in [2.75, 3.05) is 20.1 Å². The van der Waals surface area contributed by atoms with Gasteiger partial charge in [0.2, 0.25) is 0 Å². The van der Waals surface area contributed by atoms with Gasteiger partial charge in [0.05, 0.1) is 0 Å². The van der Waals surface area contributed by atoms with Gasteiger partial charge < -0.3 is 10.2 Å². The molecule has 0 amide bonds. The van der Waals surface area contributed by atoms with Crippen LogP contribution in [-0.4, -0.2) is 37.1 Å². The first-order valence-corrected chi connectivity index (χ1v) is 7.16. The molecule has 2 rings (SSSR count). The molecule has 1 saturated heterocycles. The molecular weight excluding hydrogens is 196 g/mol. The molecule has 1 aliphatic carbocycles. The van der Waals surface area contributed by atoms with Crippen LogP contribution in [-0.2, 0) is 0 Å². The van der Waals surface area contributed by atoms with Crippen LogP contribution in [0.4, 0.5) is 0 Å². The van der Waals surface area contributed by atoms with Gasteiger partial charge in [0.25, 0.3) is 0 Å². The second-order valence-corrected chi connectivity index (χ2v) is 5.95. The van der Waals surface area contributed by atoms with E-state index >= 15 is 0 Å². The molecule has 16 heavy (non-hydrogen) atoms. The van der Waals surface area contributed by atoms with E-state index in [1.54, 1.807) is 0 Å². The summed E-state index contributed by atoms with van der Waals surface area (Å²) in [4.78, 5) is 2.56. The fraction of sp³-hybridized carbons (Fsp3) is 1.00. The zero-order valence-corrected chi connectivity index (χ0v) is 11.2. The third-order valence-electron chi connectivity index (χ3n) is 4.82. The molecule has 2 nitrogen and oxygen atoms in total. The Kier molecular flexibility index (Phi) is 4.26. The van der Waals surface area contributed by atoms with Crippen LogP contribution in [0.25, 0.3) is 0 Å². The summed E-state index contributed by atoms with van der Waals surface area (Å²) in [5.74, 6) is 1.98. The van der Waals surface area contributed by atoms with Crippen LogP contribution in [0.3, 0.4) is 0 Å². The number of nitrogens with zero attached hydrogens (tertiary/aromatic N) is 1. The highest BCUT2D eigenvalue weighted by Gasteiger charge is 2.39. The number of rotatable bonds is 5. The van der Waals surface area contributed by atoms with Crippen LogP contribution in [0.2, 0.25) is 0 Å². The zero-order chi connectivity index (χ0) is 11.5. The molecule has 1 heterocycles. The van der Waals surface area contributed by atoms with Gasteiger partial charge in [-0.05, 0) is 51.6 Å². The molecule has 1 saturated carbocycles. The molecule has 94 valence electrons. The average molecular weight is 224 g/mol. The monoisotopic (exact) mass is 224 g/mol. The molecule has 4 unspecified atom stereocenters. The zero-order valence-electron chi connectivity index (χ0n) is 11.2. The Hall–Kier alpha value is -0.0800. The molecule has 2 fully saturated rings. The predicted molar refractivity (Wildman–Crippen MR) is 69.6 cm³/mol. The summed E-state index contributed by atoms with van der Waals surface area (Å²) in [6, 6.07) is 1.52. The summed E-state index contributed by atoms with van der Waals surface area (Å²) < 4.78 is 0. The van der Waals surface area contributed by atoms with Crippen molar-refractivity contribution in [3.63, 3.8) is 0 Å². The summed E-state index contributed by atoms with van der Waals surface area (Å²) in [5.41, 5.74) is 0. The van der Waals surface area contributed by atoms with Crippen molar-refractivity contribution in [2.24, 2.45) is 11.8 Å². The van der Waals surface area contributed by atoms with E-state index in [0.29, 0.717) is 0 Å². The second kappa shape index (κ2) is 5.50. The predicted octanol–water partition coefficient (Wildman–Crippen LogP) is 2.49. The lowest BCUT2D eigenvalue weighted by Crippen LogP contribution is -2.42. The minimum Gasteiger partial charge on any atom is -0.312 e. The Labute approximate surface area is 101 Å². The highest BCUT2D eigenvalue weighted by molar-refractivity contribution is 4.95. The normalized spacial score (nSPS) is 35.6. The van der Waals surface area contributed by atoms with Crippen molar-refractivity contribution in [1.29, 1.82) is 0 Å². The highest BCUT2D eigenvalue weighted by atomic mass is 15.2. The van der Waals surface area contributed by atoms with Gasteiger partial charge in [-0.3, -0.25) is 0 Å². The lowest BCUT2D eigenvalue weighted by atomic mass is 9.93. The third kappa shape index (κ3) is 2.60. The van der Waals surface area contributed by atoms with E-state index in [4.69, 9.17) is 0 Å². The first kappa shape index (κ1) is 12.4. The number of likely N-dealkylation sites (N-methyl/N-ethyl adjacent to an activating group) is 1. The van der Waals surface area contributed by atoms with Gasteiger partial charge in [-0.1, -0.05) is 19.8 Å². The quantitative estimate of drug-likeness (QED) is 0.772. The summed E-state index contributed by atoms with van der Waals surface area (Å²) in [6.07, 6.45) is 7.05. The van der Waals surface area contributed by atoms with Gasteiger partial charge in [-0.25, -0.2) is 0 Å². The average Bonchev–Trinajstić information content (AvgIpc) is 2.83. The SMILES string of the molecule is CCCC(C)N(C)CC1NCC2CCCC21. The van der Waals surface area contributed by atoms with Gasteiger partial charge >= 0.3 is 0 Å². The maximum Gasteiger partial charge on any atom is 0.0226 e. The van der Waals surface area contributed by atoms with Crippen molar-refractivity contribution in [3.05, 3.63) is 0 Å². The largest absolute Gasteiger partial charge is 0.312 e. The van der Waals surface area contributed by atoms with Crippen molar-refractivity contribution in [2.45, 2.75) is 58.0 Å². The molecule has 0 aromatic heterocycles. The van der Waals surface area contributed by atoms with Crippen LogP contribution in [0.5, 0.6) is 0 Å². The van der Waals surface area contributed by atoms with Gasteiger partial charge in [0.15, 0.2) is 0 Å². The molecule has 0 bridgehead atoms. The van der Waals surface area contributed by atoms with Crippen molar-refractivity contribution in [3.8, 4) is 0 Å². The molecule has 1 N–H and O–H groups in total. The minimum atomic E-state index is 0.743. The molecule has 4 atom stereocenters. The van der Waals surface area contributed by atoms with Crippen molar-refractivity contribution < 1.29 is 0 Å². The van der Waals surface area contributed by atoms with Crippen LogP contribution in [0.1, 0.15) is 46.0 Å². The lowest BCUT2D eigenvalue weighted by Gasteiger charge is -2.29. The van der Waals surface area contributed by atoms with Crippen molar-refractivity contribution in [1.82, 2.24) is 10.2 Å². The van der Waals surface area contributed by atoms with E-state index in [1.807, 2.05) is 0 Å². The van der Waals surface area contributed by atoms with E-state index < -0.39 is 0 Å². The lowest BCUT2D eigenvalue weighted by molar-refractivity contribution is 0.205. The first-order chi connectivity index (χ1) is 7.72. The maximum atomic E-state index is 3.74. The molecule has 1 aliphatic heterocycles. The van der Waals surface area contributed by atoms with E-state index in [9.17, 15) is 0 Å². The van der Waals surface area contributed by atoms with Crippen LogP contribution in [0.15, 0.2) is 0 Å². The number of nitrogens with one attached hydrogen (secondary N) is 1. The second-order valence-electron chi connectivity index (χ2n) is 5.95. The molecule has 0 spiro atoms. The highest BCUT2D eigenvalue weighted by Crippen LogP contribution is 2.37. The molecule has 0 aromatic rings. The summed E-state index contributed by atoms with van der Waals surface area (Å²) in [7, 11) is 2.30. The third-order valence-corrected chi connectivity index (χ3v) is 4.82. The molecule has 2 heteroatoms. The molecule has 0 aromatic carbocycles. The molecule has 0 radical (unpaired) electrons. The van der Waals surface area contributed by atoms with Crippen LogP contribution < -0.4 is 5.32 Å². The molecular formula is C14H28N2. The first-order valence-electron chi connectivity index (χ1n) is 7.16. The Bertz CT molecular complexity index is 217. The van der Waals surface area contributed by atoms with Crippen molar-refractivity contribution >= 4 is 0 Å². The number of hydrogen-bond donors (Lipinski definition) is 1. The topological polar surface area (TPSA) is 15.3 Å². The standard InChI is InChI=1S/C14H28N2/c1-4-6-11(2)16(3)10-14-13-8-5-7-12(13)9-15-14/h11-15H,4-10H2,1-3H3. The van der Waals surface area contributed by atoms with Crippen LogP contribution in [0, 0.1) is 11.8 Å². The van der Waals surface area contributed by atoms with E-state index in [0.717, 1.165) is 23.9 Å².